The van der Waals surface area contributed by atoms with Gasteiger partial charge in [0.05, 0.1) is 4.90 Å². The Balaban J connectivity index is 2.00. The molecule has 1 aliphatic heterocycles. The summed E-state index contributed by atoms with van der Waals surface area (Å²) in [6.45, 7) is 7.36. The summed E-state index contributed by atoms with van der Waals surface area (Å²) in [5.41, 5.74) is 0. The first-order chi connectivity index (χ1) is 10.1. The number of hydrogen-bond acceptors (Lipinski definition) is 4. The molecule has 4 nitrogen and oxygen atoms in total. The molecule has 0 bridgehead atoms. The van der Waals surface area contributed by atoms with E-state index in [2.05, 4.69) is 19.2 Å². The Kier molecular flexibility index (Phi) is 6.22. The van der Waals surface area contributed by atoms with Gasteiger partial charge in [-0.2, -0.15) is 4.31 Å². The first-order valence-corrected chi connectivity index (χ1v) is 10.2. The van der Waals surface area contributed by atoms with Crippen LogP contribution in [-0.2, 0) is 16.6 Å². The molecule has 2 rings (SSSR count). The Morgan fingerprint density at radius 1 is 1.38 bits per heavy atom. The molecule has 1 unspecified atom stereocenters. The SMILES string of the molecule is CCCNCc1cc(S(=O)(=O)N2CCC(CCC)C2)cs1. The summed E-state index contributed by atoms with van der Waals surface area (Å²) in [6.07, 6.45) is 4.34. The molecule has 1 fully saturated rings. The maximum absolute atomic E-state index is 12.6. The van der Waals surface area contributed by atoms with E-state index in [0.717, 1.165) is 43.6 Å². The van der Waals surface area contributed by atoms with Gasteiger partial charge in [0, 0.05) is 29.9 Å². The summed E-state index contributed by atoms with van der Waals surface area (Å²) in [5, 5.41) is 5.09. The zero-order valence-electron chi connectivity index (χ0n) is 13.0. The minimum Gasteiger partial charge on any atom is -0.312 e. The molecule has 120 valence electrons. The quantitative estimate of drug-likeness (QED) is 0.745. The normalized spacial score (nSPS) is 20.2. The number of hydrogen-bond donors (Lipinski definition) is 1. The molecule has 1 N–H and O–H groups in total. The number of thiophene rings is 1. The van der Waals surface area contributed by atoms with E-state index in [4.69, 9.17) is 0 Å². The maximum atomic E-state index is 12.6. The first-order valence-electron chi connectivity index (χ1n) is 7.86. The van der Waals surface area contributed by atoms with Crippen LogP contribution in [0.3, 0.4) is 0 Å². The number of sulfonamides is 1. The number of rotatable bonds is 8. The lowest BCUT2D eigenvalue weighted by Gasteiger charge is -2.15. The third kappa shape index (κ3) is 4.28. The molecule has 0 aliphatic carbocycles. The van der Waals surface area contributed by atoms with Crippen molar-refractivity contribution in [3.05, 3.63) is 16.3 Å². The second-order valence-corrected chi connectivity index (χ2v) is 8.67. The highest BCUT2D eigenvalue weighted by Gasteiger charge is 2.32. The van der Waals surface area contributed by atoms with Crippen molar-refractivity contribution in [1.29, 1.82) is 0 Å². The standard InChI is InChI=1S/C15H26N2O2S2/c1-3-5-13-6-8-17(11-13)21(18,19)15-9-14(20-12-15)10-16-7-4-2/h9,12-13,16H,3-8,10-11H2,1-2H3. The van der Waals surface area contributed by atoms with E-state index < -0.39 is 10.0 Å². The summed E-state index contributed by atoms with van der Waals surface area (Å²) in [7, 11) is -3.28. The molecule has 1 aromatic heterocycles. The van der Waals surface area contributed by atoms with Gasteiger partial charge in [-0.3, -0.25) is 0 Å². The Morgan fingerprint density at radius 2 is 2.19 bits per heavy atom. The minimum atomic E-state index is -3.28. The van der Waals surface area contributed by atoms with Crippen LogP contribution in [0.15, 0.2) is 16.3 Å². The fourth-order valence-electron chi connectivity index (χ4n) is 2.79. The fraction of sp³-hybridized carbons (Fsp3) is 0.733. The molecule has 0 spiro atoms. The topological polar surface area (TPSA) is 49.4 Å². The second-order valence-electron chi connectivity index (χ2n) is 5.73. The lowest BCUT2D eigenvalue weighted by atomic mass is 10.0. The van der Waals surface area contributed by atoms with Crippen molar-refractivity contribution >= 4 is 21.4 Å². The number of nitrogens with zero attached hydrogens (tertiary/aromatic N) is 1. The molecule has 1 atom stereocenters. The molecule has 0 saturated carbocycles. The highest BCUT2D eigenvalue weighted by molar-refractivity contribution is 7.89. The van der Waals surface area contributed by atoms with E-state index in [1.54, 1.807) is 9.69 Å². The van der Waals surface area contributed by atoms with Gasteiger partial charge in [-0.1, -0.05) is 20.3 Å². The fourth-order valence-corrected chi connectivity index (χ4v) is 5.55. The Hall–Kier alpha value is -0.430. The summed E-state index contributed by atoms with van der Waals surface area (Å²) < 4.78 is 26.9. The van der Waals surface area contributed by atoms with E-state index in [1.807, 2.05) is 6.07 Å². The maximum Gasteiger partial charge on any atom is 0.243 e. The van der Waals surface area contributed by atoms with Gasteiger partial charge in [-0.15, -0.1) is 11.3 Å². The molecule has 1 saturated heterocycles. The molecule has 0 radical (unpaired) electrons. The molecule has 21 heavy (non-hydrogen) atoms. The van der Waals surface area contributed by atoms with E-state index in [9.17, 15) is 8.42 Å². The van der Waals surface area contributed by atoms with Crippen LogP contribution in [-0.4, -0.2) is 32.4 Å². The van der Waals surface area contributed by atoms with Crippen molar-refractivity contribution in [2.45, 2.75) is 51.0 Å². The molecule has 1 aliphatic rings. The highest BCUT2D eigenvalue weighted by Crippen LogP contribution is 2.29. The van der Waals surface area contributed by atoms with Gasteiger partial charge in [-0.25, -0.2) is 8.42 Å². The van der Waals surface area contributed by atoms with Gasteiger partial charge in [0.2, 0.25) is 10.0 Å². The molecule has 0 aromatic carbocycles. The van der Waals surface area contributed by atoms with E-state index in [0.29, 0.717) is 23.9 Å². The van der Waals surface area contributed by atoms with Crippen LogP contribution >= 0.6 is 11.3 Å². The lowest BCUT2D eigenvalue weighted by Crippen LogP contribution is -2.28. The largest absolute Gasteiger partial charge is 0.312 e. The minimum absolute atomic E-state index is 0.470. The predicted molar refractivity (Wildman–Crippen MR) is 88.1 cm³/mol. The van der Waals surface area contributed by atoms with Gasteiger partial charge < -0.3 is 5.32 Å². The summed E-state index contributed by atoms with van der Waals surface area (Å²) in [6, 6.07) is 1.83. The van der Waals surface area contributed by atoms with Crippen molar-refractivity contribution < 1.29 is 8.42 Å². The summed E-state index contributed by atoms with van der Waals surface area (Å²) in [5.74, 6) is 0.536. The van der Waals surface area contributed by atoms with Crippen LogP contribution in [0, 0.1) is 5.92 Å². The summed E-state index contributed by atoms with van der Waals surface area (Å²) >= 11 is 1.53. The van der Waals surface area contributed by atoms with Crippen molar-refractivity contribution in [1.82, 2.24) is 9.62 Å². The van der Waals surface area contributed by atoms with E-state index in [-0.39, 0.29) is 0 Å². The highest BCUT2D eigenvalue weighted by atomic mass is 32.2. The van der Waals surface area contributed by atoms with Crippen LogP contribution in [0.25, 0.3) is 0 Å². The van der Waals surface area contributed by atoms with Crippen molar-refractivity contribution in [3.63, 3.8) is 0 Å². The average Bonchev–Trinajstić information content (AvgIpc) is 3.09. The van der Waals surface area contributed by atoms with Crippen molar-refractivity contribution in [2.75, 3.05) is 19.6 Å². The second kappa shape index (κ2) is 7.72. The van der Waals surface area contributed by atoms with Gasteiger partial charge in [0.15, 0.2) is 0 Å². The first kappa shape index (κ1) is 16.9. The van der Waals surface area contributed by atoms with Gasteiger partial charge >= 0.3 is 0 Å². The van der Waals surface area contributed by atoms with Crippen LogP contribution in [0.5, 0.6) is 0 Å². The van der Waals surface area contributed by atoms with Crippen molar-refractivity contribution in [2.24, 2.45) is 5.92 Å². The Bertz CT molecular complexity index is 540. The van der Waals surface area contributed by atoms with Crippen LogP contribution in [0.4, 0.5) is 0 Å². The monoisotopic (exact) mass is 330 g/mol. The third-order valence-corrected chi connectivity index (χ3v) is 6.87. The Labute approximate surface area is 132 Å². The van der Waals surface area contributed by atoms with Crippen LogP contribution in [0.1, 0.15) is 44.4 Å². The zero-order chi connectivity index (χ0) is 15.3. The molecule has 1 aromatic rings. The summed E-state index contributed by atoms with van der Waals surface area (Å²) in [4.78, 5) is 1.56. The average molecular weight is 331 g/mol. The molecule has 0 amide bonds. The predicted octanol–water partition coefficient (Wildman–Crippen LogP) is 3.06. The smallest absolute Gasteiger partial charge is 0.243 e. The molecular formula is C15H26N2O2S2. The molecule has 6 heteroatoms. The molecular weight excluding hydrogens is 304 g/mol. The Morgan fingerprint density at radius 3 is 2.90 bits per heavy atom. The zero-order valence-corrected chi connectivity index (χ0v) is 14.6. The van der Waals surface area contributed by atoms with Crippen LogP contribution < -0.4 is 5.32 Å². The molecule has 2 heterocycles. The lowest BCUT2D eigenvalue weighted by molar-refractivity contribution is 0.445. The number of nitrogens with one attached hydrogen (secondary N) is 1. The van der Waals surface area contributed by atoms with Gasteiger partial charge in [0.1, 0.15) is 0 Å². The van der Waals surface area contributed by atoms with Gasteiger partial charge in [0.25, 0.3) is 0 Å². The van der Waals surface area contributed by atoms with Crippen LogP contribution in [0.2, 0.25) is 0 Å². The van der Waals surface area contributed by atoms with E-state index >= 15 is 0 Å². The van der Waals surface area contributed by atoms with Crippen molar-refractivity contribution in [3.8, 4) is 0 Å². The third-order valence-electron chi connectivity index (χ3n) is 3.94. The van der Waals surface area contributed by atoms with E-state index in [1.165, 1.54) is 11.3 Å². The van der Waals surface area contributed by atoms with Gasteiger partial charge in [-0.05, 0) is 37.8 Å².